The van der Waals surface area contributed by atoms with Crippen LogP contribution in [0.25, 0.3) is 11.9 Å². The highest BCUT2D eigenvalue weighted by atomic mass is 19.4. The first-order valence-corrected chi connectivity index (χ1v) is 14.7. The molecule has 268 valence electrons. The average molecular weight is 727 g/mol. The molecule has 52 heavy (non-hydrogen) atoms. The number of anilines is 2. The van der Waals surface area contributed by atoms with Gasteiger partial charge in [0, 0.05) is 24.8 Å². The maximum absolute atomic E-state index is 13.0. The van der Waals surface area contributed by atoms with E-state index in [1.54, 1.807) is 24.5 Å². The first-order valence-electron chi connectivity index (χ1n) is 14.7. The van der Waals surface area contributed by atoms with E-state index in [1.165, 1.54) is 58.3 Å². The van der Waals surface area contributed by atoms with E-state index in [0.29, 0.717) is 0 Å². The molecule has 0 aliphatic rings. The van der Waals surface area contributed by atoms with Crippen molar-refractivity contribution in [3.05, 3.63) is 120 Å². The number of hydrogen-bond donors (Lipinski definition) is 4. The van der Waals surface area contributed by atoms with E-state index >= 15 is 0 Å². The van der Waals surface area contributed by atoms with Gasteiger partial charge < -0.3 is 20.8 Å². The summed E-state index contributed by atoms with van der Waals surface area (Å²) in [6.45, 7) is 0. The smallest absolute Gasteiger partial charge is 0.416 e. The summed E-state index contributed by atoms with van der Waals surface area (Å²) in [4.78, 5) is 39.6. The number of amides is 2. The summed E-state index contributed by atoms with van der Waals surface area (Å²) >= 11 is 0. The van der Waals surface area contributed by atoms with Gasteiger partial charge in [-0.1, -0.05) is 36.4 Å². The van der Waals surface area contributed by atoms with Gasteiger partial charge in [0.2, 0.25) is 23.6 Å². The van der Waals surface area contributed by atoms with Gasteiger partial charge in [-0.2, -0.15) is 46.5 Å². The lowest BCUT2D eigenvalue weighted by molar-refractivity contribution is -0.138. The first-order chi connectivity index (χ1) is 24.7. The number of aromatic hydroxyl groups is 2. The van der Waals surface area contributed by atoms with Gasteiger partial charge in [0.25, 0.3) is 11.9 Å². The van der Waals surface area contributed by atoms with E-state index in [-0.39, 0.29) is 40.8 Å². The van der Waals surface area contributed by atoms with Crippen LogP contribution in [0.5, 0.6) is 11.8 Å². The Morgan fingerprint density at radius 1 is 0.673 bits per heavy atom. The fourth-order valence-electron chi connectivity index (χ4n) is 4.45. The van der Waals surface area contributed by atoms with E-state index < -0.39 is 53.5 Å². The average Bonchev–Trinajstić information content (AvgIpc) is 3.82. The van der Waals surface area contributed by atoms with Crippen molar-refractivity contribution in [3.8, 4) is 23.7 Å². The van der Waals surface area contributed by atoms with Crippen LogP contribution in [0.3, 0.4) is 0 Å². The van der Waals surface area contributed by atoms with Crippen molar-refractivity contribution in [2.45, 2.75) is 25.2 Å². The standard InChI is InChI=1S/2C16H12F3N5O2/c17-16(18,19)11-4-1-3-10(7-11)8-13(25)22-12-9-20-15(23-14(12)26)24-6-2-5-21-24;17-16(18,19)11-5-2-1-4-10(11)8-13(25)22-12-9-20-15(23-14(12)26)24-7-3-6-21-24/h2*1-7,9H,8H2,(H,22,25)(H,20,23,26). The molecule has 2 aromatic carbocycles. The van der Waals surface area contributed by atoms with E-state index in [0.717, 1.165) is 24.4 Å². The van der Waals surface area contributed by atoms with Gasteiger partial charge in [-0.05, 0) is 35.4 Å². The van der Waals surface area contributed by atoms with Crippen molar-refractivity contribution >= 4 is 23.2 Å². The van der Waals surface area contributed by atoms with Crippen LogP contribution in [0.1, 0.15) is 22.3 Å². The minimum absolute atomic E-state index is 0.0575. The Bertz CT molecular complexity index is 2160. The lowest BCUT2D eigenvalue weighted by Crippen LogP contribution is -2.18. The highest BCUT2D eigenvalue weighted by Crippen LogP contribution is 2.32. The number of benzene rings is 2. The summed E-state index contributed by atoms with van der Waals surface area (Å²) in [6, 6.07) is 12.5. The minimum atomic E-state index is -4.56. The van der Waals surface area contributed by atoms with E-state index in [9.17, 15) is 46.1 Å². The molecule has 0 fully saturated rings. The van der Waals surface area contributed by atoms with Crippen LogP contribution in [0.4, 0.5) is 37.7 Å². The fraction of sp³-hybridized carbons (Fsp3) is 0.125. The summed E-state index contributed by atoms with van der Waals surface area (Å²) in [5.74, 6) is -2.19. The molecule has 14 nitrogen and oxygen atoms in total. The van der Waals surface area contributed by atoms with E-state index in [4.69, 9.17) is 0 Å². The van der Waals surface area contributed by atoms with E-state index in [2.05, 4.69) is 40.8 Å². The summed E-state index contributed by atoms with van der Waals surface area (Å²) in [5, 5.41) is 32.3. The molecule has 0 bridgehead atoms. The summed E-state index contributed by atoms with van der Waals surface area (Å²) in [7, 11) is 0. The van der Waals surface area contributed by atoms with Crippen LogP contribution in [0, 0.1) is 0 Å². The van der Waals surface area contributed by atoms with Crippen molar-refractivity contribution in [3.63, 3.8) is 0 Å². The van der Waals surface area contributed by atoms with Crippen molar-refractivity contribution in [2.75, 3.05) is 10.6 Å². The Labute approximate surface area is 288 Å². The molecule has 0 unspecified atom stereocenters. The minimum Gasteiger partial charge on any atom is -0.492 e. The van der Waals surface area contributed by atoms with Crippen LogP contribution in [0.2, 0.25) is 0 Å². The Kier molecular flexibility index (Phi) is 10.8. The highest BCUT2D eigenvalue weighted by molar-refractivity contribution is 5.94. The van der Waals surface area contributed by atoms with Gasteiger partial charge >= 0.3 is 12.4 Å². The monoisotopic (exact) mass is 726 g/mol. The van der Waals surface area contributed by atoms with Gasteiger partial charge in [0.05, 0.1) is 36.4 Å². The van der Waals surface area contributed by atoms with Crippen LogP contribution in [-0.4, -0.2) is 61.5 Å². The molecule has 0 atom stereocenters. The number of halogens is 6. The molecular weight excluding hydrogens is 702 g/mol. The molecule has 4 heterocycles. The number of nitrogens with zero attached hydrogens (tertiary/aromatic N) is 8. The Balaban J connectivity index is 0.000000201. The quantitative estimate of drug-likeness (QED) is 0.153. The van der Waals surface area contributed by atoms with Crippen LogP contribution >= 0.6 is 0 Å². The third kappa shape index (κ3) is 9.43. The van der Waals surface area contributed by atoms with Gasteiger partial charge in [-0.15, -0.1) is 0 Å². The summed E-state index contributed by atoms with van der Waals surface area (Å²) in [5.41, 5.74) is -1.88. The molecule has 6 aromatic rings. The number of rotatable bonds is 8. The fourth-order valence-corrected chi connectivity index (χ4v) is 4.45. The third-order valence-corrected chi connectivity index (χ3v) is 6.77. The third-order valence-electron chi connectivity index (χ3n) is 6.77. The number of alkyl halides is 6. The largest absolute Gasteiger partial charge is 0.492 e. The number of nitrogens with one attached hydrogen (secondary N) is 2. The van der Waals surface area contributed by atoms with Crippen molar-refractivity contribution < 1.29 is 46.1 Å². The predicted octanol–water partition coefficient (Wildman–Crippen LogP) is 5.14. The predicted molar refractivity (Wildman–Crippen MR) is 169 cm³/mol. The normalized spacial score (nSPS) is 11.3. The molecule has 0 saturated heterocycles. The molecule has 0 radical (unpaired) electrons. The molecule has 2 amide bonds. The number of carbonyl (C=O) groups is 2. The lowest BCUT2D eigenvalue weighted by atomic mass is 10.0. The lowest BCUT2D eigenvalue weighted by Gasteiger charge is -2.13. The zero-order valence-electron chi connectivity index (χ0n) is 26.2. The second kappa shape index (κ2) is 15.4. The van der Waals surface area contributed by atoms with Crippen molar-refractivity contribution in [2.24, 2.45) is 0 Å². The molecule has 20 heteroatoms. The van der Waals surface area contributed by atoms with Crippen LogP contribution in [0.15, 0.2) is 97.8 Å². The molecule has 0 saturated carbocycles. The Hall–Kier alpha value is -6.86. The van der Waals surface area contributed by atoms with Gasteiger partial charge in [0.15, 0.2) is 0 Å². The zero-order chi connectivity index (χ0) is 37.5. The van der Waals surface area contributed by atoms with Crippen molar-refractivity contribution in [1.29, 1.82) is 0 Å². The Morgan fingerprint density at radius 2 is 1.21 bits per heavy atom. The second-order valence-corrected chi connectivity index (χ2v) is 10.5. The SMILES string of the molecule is O=C(Cc1cccc(C(F)(F)F)c1)Nc1cnc(-n2cccn2)nc1O.O=C(Cc1ccccc1C(F)(F)F)Nc1cnc(-n2cccn2)nc1O. The summed E-state index contributed by atoms with van der Waals surface area (Å²) in [6.07, 6.45) is -1.41. The van der Waals surface area contributed by atoms with Crippen LogP contribution in [-0.2, 0) is 34.8 Å². The maximum atomic E-state index is 13.0. The number of carbonyl (C=O) groups excluding carboxylic acids is 2. The van der Waals surface area contributed by atoms with Crippen LogP contribution < -0.4 is 10.6 Å². The van der Waals surface area contributed by atoms with Gasteiger partial charge in [-0.3, -0.25) is 9.59 Å². The zero-order valence-corrected chi connectivity index (χ0v) is 26.2. The van der Waals surface area contributed by atoms with E-state index in [1.807, 2.05) is 0 Å². The Morgan fingerprint density at radius 3 is 1.69 bits per heavy atom. The second-order valence-electron chi connectivity index (χ2n) is 10.5. The molecule has 6 rings (SSSR count). The maximum Gasteiger partial charge on any atom is 0.416 e. The summed E-state index contributed by atoms with van der Waals surface area (Å²) < 4.78 is 79.6. The molecular formula is C32H24F6N10O4. The molecule has 4 aromatic heterocycles. The molecule has 0 spiro atoms. The number of aromatic nitrogens is 8. The molecule has 0 aliphatic heterocycles. The van der Waals surface area contributed by atoms with Gasteiger partial charge in [-0.25, -0.2) is 19.3 Å². The highest BCUT2D eigenvalue weighted by Gasteiger charge is 2.33. The van der Waals surface area contributed by atoms with Crippen molar-refractivity contribution in [1.82, 2.24) is 39.5 Å². The molecule has 4 N–H and O–H groups in total. The first kappa shape index (κ1) is 36.4. The van der Waals surface area contributed by atoms with Gasteiger partial charge in [0.1, 0.15) is 11.4 Å². The topological polar surface area (TPSA) is 186 Å². The number of hydrogen-bond acceptors (Lipinski definition) is 10. The molecule has 0 aliphatic carbocycles.